The van der Waals surface area contributed by atoms with Gasteiger partial charge in [-0.15, -0.1) is 0 Å². The van der Waals surface area contributed by atoms with Gasteiger partial charge in [0.1, 0.15) is 67.1 Å². The Kier molecular flexibility index (Phi) is 7.95. The van der Waals surface area contributed by atoms with E-state index in [9.17, 15) is 66.4 Å². The zero-order valence-corrected chi connectivity index (χ0v) is 17.7. The van der Waals surface area contributed by atoms with E-state index in [1.165, 1.54) is 0 Å². The molecule has 16 nitrogen and oxygen atoms in total. The van der Waals surface area contributed by atoms with E-state index in [4.69, 9.17) is 14.2 Å². The van der Waals surface area contributed by atoms with Crippen LogP contribution in [0.2, 0.25) is 0 Å². The summed E-state index contributed by atoms with van der Waals surface area (Å²) >= 11 is 0. The van der Waals surface area contributed by atoms with E-state index in [-0.39, 0.29) is 0 Å². The summed E-state index contributed by atoms with van der Waals surface area (Å²) < 4.78 is 15.6. The molecule has 200 valence electrons. The molecule has 0 aromatic rings. The van der Waals surface area contributed by atoms with Gasteiger partial charge in [0.25, 0.3) is 0 Å². The molecule has 0 saturated carbocycles. The van der Waals surface area contributed by atoms with Gasteiger partial charge in [-0.3, -0.25) is 0 Å². The molecule has 0 aliphatic carbocycles. The summed E-state index contributed by atoms with van der Waals surface area (Å²) in [4.78, 5) is 0. The molecule has 3 aliphatic heterocycles. The Hall–Kier alpha value is -0.640. The lowest BCUT2D eigenvalue weighted by Gasteiger charge is -2.62. The summed E-state index contributed by atoms with van der Waals surface area (Å²) in [5.74, 6) is -3.77. The lowest BCUT2D eigenvalue weighted by atomic mass is 9.64. The number of hydrogen-bond acceptors (Lipinski definition) is 16. The first kappa shape index (κ1) is 27.9. The van der Waals surface area contributed by atoms with Crippen LogP contribution >= 0.6 is 0 Å². The molecule has 0 aromatic heterocycles. The quantitative estimate of drug-likeness (QED) is 0.160. The predicted molar refractivity (Wildman–Crippen MR) is 101 cm³/mol. The highest BCUT2D eigenvalue weighted by Crippen LogP contribution is 2.53. The fourth-order valence-electron chi connectivity index (χ4n) is 5.04. The van der Waals surface area contributed by atoms with Crippen LogP contribution in [0.4, 0.5) is 0 Å². The molecule has 14 atom stereocenters. The highest BCUT2D eigenvalue weighted by molar-refractivity contribution is 5.25. The lowest BCUT2D eigenvalue weighted by Crippen LogP contribution is -2.88. The maximum atomic E-state index is 11.7. The maximum absolute atomic E-state index is 11.7. The van der Waals surface area contributed by atoms with Crippen LogP contribution in [0.5, 0.6) is 0 Å². The first-order chi connectivity index (χ1) is 15.8. The van der Waals surface area contributed by atoms with Gasteiger partial charge in [0, 0.05) is 0 Å². The van der Waals surface area contributed by atoms with Crippen LogP contribution in [0, 0.1) is 0 Å². The minimum absolute atomic E-state index is 0.969. The third kappa shape index (κ3) is 3.54. The molecule has 34 heavy (non-hydrogen) atoms. The van der Waals surface area contributed by atoms with Crippen molar-refractivity contribution in [2.24, 2.45) is 0 Å². The average molecular weight is 504 g/mol. The molecule has 0 amide bonds. The van der Waals surface area contributed by atoms with Crippen molar-refractivity contribution in [2.75, 3.05) is 26.4 Å². The van der Waals surface area contributed by atoms with Crippen molar-refractivity contribution in [3.05, 3.63) is 0 Å². The molecule has 3 rings (SSSR count). The smallest absolute Gasteiger partial charge is 0.236 e. The summed E-state index contributed by atoms with van der Waals surface area (Å²) in [7, 11) is 0. The van der Waals surface area contributed by atoms with Gasteiger partial charge < -0.3 is 80.6 Å². The Bertz CT molecular complexity index is 707. The molecule has 0 spiro atoms. The molecule has 0 bridgehead atoms. The zero-order chi connectivity index (χ0) is 25.8. The van der Waals surface area contributed by atoms with Gasteiger partial charge in [-0.2, -0.15) is 0 Å². The maximum Gasteiger partial charge on any atom is 0.236 e. The van der Waals surface area contributed by atoms with E-state index in [0.29, 0.717) is 0 Å². The van der Waals surface area contributed by atoms with Crippen molar-refractivity contribution in [3.63, 3.8) is 0 Å². The third-order valence-electron chi connectivity index (χ3n) is 7.05. The Morgan fingerprint density at radius 3 is 1.59 bits per heavy atom. The molecule has 16 heteroatoms. The summed E-state index contributed by atoms with van der Waals surface area (Å²) in [6, 6.07) is 0. The number of aliphatic hydroxyl groups is 13. The van der Waals surface area contributed by atoms with Gasteiger partial charge in [-0.05, 0) is 0 Å². The van der Waals surface area contributed by atoms with E-state index in [2.05, 4.69) is 0 Å². The van der Waals surface area contributed by atoms with E-state index in [1.54, 1.807) is 0 Å². The first-order valence-corrected chi connectivity index (χ1v) is 10.5. The van der Waals surface area contributed by atoms with Gasteiger partial charge in [0.05, 0.1) is 26.4 Å². The van der Waals surface area contributed by atoms with Crippen LogP contribution < -0.4 is 0 Å². The molecule has 3 aliphatic rings. The van der Waals surface area contributed by atoms with Gasteiger partial charge in [0.15, 0.2) is 11.2 Å². The van der Waals surface area contributed by atoms with E-state index in [0.717, 1.165) is 0 Å². The Morgan fingerprint density at radius 1 is 0.529 bits per heavy atom. The lowest BCUT2D eigenvalue weighted by molar-refractivity contribution is -0.468. The van der Waals surface area contributed by atoms with Crippen molar-refractivity contribution < 1.29 is 80.6 Å². The van der Waals surface area contributed by atoms with Gasteiger partial charge >= 0.3 is 0 Å². The second kappa shape index (κ2) is 9.67. The molecule has 3 fully saturated rings. The third-order valence-corrected chi connectivity index (χ3v) is 7.05. The Balaban J connectivity index is 2.23. The molecule has 3 heterocycles. The SMILES string of the molecule is OC[C@@H]1O[C@H](CO)[C@@H](O)[C@]1(O)[C@]1(O)O[C@H](CO)[C@@H](O)[C@H](O)[C@]1(O)[C@@H]1O[C@H](CO)[C@@H](O)[C@H](O)[C@H]1O. The predicted octanol–water partition coefficient (Wildman–Crippen LogP) is -8.79. The van der Waals surface area contributed by atoms with E-state index in [1.807, 2.05) is 0 Å². The van der Waals surface area contributed by atoms with Crippen molar-refractivity contribution in [3.8, 4) is 0 Å². The number of ether oxygens (including phenoxy) is 3. The normalized spacial score (nSPS) is 56.6. The molecular formula is C18H32O16. The van der Waals surface area contributed by atoms with E-state index >= 15 is 0 Å². The Labute approximate surface area is 192 Å². The number of hydrogen-bond donors (Lipinski definition) is 13. The molecule has 0 aromatic carbocycles. The standard InChI is InChI=1S/C18H32O16/c19-1-5-9(23)11(25)12(26)15(33-5)17(30)14(28)10(24)6(2-20)34-18(17,31)16(29)8(4-22)32-7(3-21)13(16)27/h5-15,19-31H,1-4H2/t5-,6-,7-,8+,9-,10-,11+,12-,13-,14+,15-,16+,17+,18+/m1/s1. The van der Waals surface area contributed by atoms with Gasteiger partial charge in [-0.25, -0.2) is 0 Å². The Morgan fingerprint density at radius 2 is 1.09 bits per heavy atom. The topological polar surface area (TPSA) is 291 Å². The van der Waals surface area contributed by atoms with Crippen LogP contribution in [0.15, 0.2) is 0 Å². The van der Waals surface area contributed by atoms with E-state index < -0.39 is 111 Å². The molecule has 0 radical (unpaired) electrons. The van der Waals surface area contributed by atoms with Crippen LogP contribution in [-0.2, 0) is 14.2 Å². The number of rotatable bonds is 6. The van der Waals surface area contributed by atoms with Gasteiger partial charge in [0.2, 0.25) is 5.79 Å². The fourth-order valence-corrected chi connectivity index (χ4v) is 5.04. The van der Waals surface area contributed by atoms with Gasteiger partial charge in [-0.1, -0.05) is 0 Å². The molecular weight excluding hydrogens is 472 g/mol. The van der Waals surface area contributed by atoms with Crippen molar-refractivity contribution in [1.29, 1.82) is 0 Å². The highest BCUT2D eigenvalue weighted by atomic mass is 16.7. The average Bonchev–Trinajstić information content (AvgIpc) is 3.09. The largest absolute Gasteiger partial charge is 0.394 e. The fraction of sp³-hybridized carbons (Fsp3) is 1.00. The monoisotopic (exact) mass is 504 g/mol. The highest BCUT2D eigenvalue weighted by Gasteiger charge is 2.81. The summed E-state index contributed by atoms with van der Waals surface area (Å²) in [5, 5.41) is 136. The summed E-state index contributed by atoms with van der Waals surface area (Å²) in [5.41, 5.74) is -6.94. The molecule has 3 saturated heterocycles. The van der Waals surface area contributed by atoms with Crippen molar-refractivity contribution in [2.45, 2.75) is 84.1 Å². The minimum atomic E-state index is -3.77. The van der Waals surface area contributed by atoms with Crippen molar-refractivity contribution >= 4 is 0 Å². The van der Waals surface area contributed by atoms with Crippen molar-refractivity contribution in [1.82, 2.24) is 0 Å². The first-order valence-electron chi connectivity index (χ1n) is 10.5. The zero-order valence-electron chi connectivity index (χ0n) is 17.7. The van der Waals surface area contributed by atoms with Crippen LogP contribution in [0.3, 0.4) is 0 Å². The number of aliphatic hydroxyl groups excluding tert-OH is 10. The second-order valence-electron chi connectivity index (χ2n) is 8.79. The second-order valence-corrected chi connectivity index (χ2v) is 8.79. The summed E-state index contributed by atoms with van der Waals surface area (Å²) in [6.07, 6.45) is -23.5. The minimum Gasteiger partial charge on any atom is -0.394 e. The summed E-state index contributed by atoms with van der Waals surface area (Å²) in [6.45, 7) is -4.26. The van der Waals surface area contributed by atoms with Crippen LogP contribution in [0.1, 0.15) is 0 Å². The van der Waals surface area contributed by atoms with Crippen LogP contribution in [0.25, 0.3) is 0 Å². The molecule has 0 unspecified atom stereocenters. The molecule has 13 N–H and O–H groups in total. The van der Waals surface area contributed by atoms with Crippen LogP contribution in [-0.4, -0.2) is 177 Å².